The quantitative estimate of drug-likeness (QED) is 0.827. The first kappa shape index (κ1) is 16.4. The van der Waals surface area contributed by atoms with Crippen LogP contribution in [0.15, 0.2) is 6.07 Å². The van der Waals surface area contributed by atoms with Gasteiger partial charge in [0.15, 0.2) is 10.3 Å². The van der Waals surface area contributed by atoms with E-state index in [-0.39, 0.29) is 16.2 Å². The van der Waals surface area contributed by atoms with Crippen LogP contribution >= 0.6 is 23.2 Å². The molecular weight excluding hydrogens is 313 g/mol. The van der Waals surface area contributed by atoms with Crippen LogP contribution in [-0.4, -0.2) is 84.2 Å². The number of rotatable bonds is 4. The normalized spacial score (nSPS) is 16.5. The Balaban J connectivity index is 1.92. The Hall–Kier alpha value is -0.950. The summed E-state index contributed by atoms with van der Waals surface area (Å²) >= 11 is 11.7. The molecule has 1 saturated heterocycles. The SMILES string of the molecule is CN(C)CCN1CCN(C(=O)c2cc(Cl)nnc2Cl)CC1. The maximum Gasteiger partial charge on any atom is 0.257 e. The highest BCUT2D eigenvalue weighted by molar-refractivity contribution is 6.34. The molecule has 116 valence electrons. The lowest BCUT2D eigenvalue weighted by Gasteiger charge is -2.35. The number of hydrogen-bond donors (Lipinski definition) is 0. The van der Waals surface area contributed by atoms with Crippen molar-refractivity contribution in [3.05, 3.63) is 21.9 Å². The second-order valence-electron chi connectivity index (χ2n) is 5.31. The number of carbonyl (C=O) groups excluding carboxylic acids is 1. The largest absolute Gasteiger partial charge is 0.336 e. The van der Waals surface area contributed by atoms with Crippen molar-refractivity contribution in [1.82, 2.24) is 24.9 Å². The highest BCUT2D eigenvalue weighted by Crippen LogP contribution is 2.18. The topological polar surface area (TPSA) is 52.6 Å². The summed E-state index contributed by atoms with van der Waals surface area (Å²) in [6.45, 7) is 5.13. The smallest absolute Gasteiger partial charge is 0.257 e. The molecule has 0 aromatic carbocycles. The van der Waals surface area contributed by atoms with E-state index in [4.69, 9.17) is 23.2 Å². The van der Waals surface area contributed by atoms with E-state index < -0.39 is 0 Å². The zero-order valence-corrected chi connectivity index (χ0v) is 13.7. The molecule has 0 unspecified atom stereocenters. The average Bonchev–Trinajstić information content (AvgIpc) is 2.47. The maximum atomic E-state index is 12.4. The fourth-order valence-corrected chi connectivity index (χ4v) is 2.51. The third-order valence-corrected chi connectivity index (χ3v) is 3.94. The first-order valence-electron chi connectivity index (χ1n) is 6.82. The Bertz CT molecular complexity index is 503. The molecular formula is C13H19Cl2N5O. The summed E-state index contributed by atoms with van der Waals surface area (Å²) in [7, 11) is 4.11. The molecule has 8 heteroatoms. The molecule has 0 spiro atoms. The van der Waals surface area contributed by atoms with E-state index in [2.05, 4.69) is 34.1 Å². The lowest BCUT2D eigenvalue weighted by Crippen LogP contribution is -2.50. The van der Waals surface area contributed by atoms with E-state index in [0.29, 0.717) is 18.7 Å². The molecule has 1 aromatic rings. The van der Waals surface area contributed by atoms with Crippen LogP contribution in [0.3, 0.4) is 0 Å². The average molecular weight is 332 g/mol. The number of piperazine rings is 1. The zero-order chi connectivity index (χ0) is 15.4. The summed E-state index contributed by atoms with van der Waals surface area (Å²) in [4.78, 5) is 18.7. The van der Waals surface area contributed by atoms with Crippen LogP contribution in [0.25, 0.3) is 0 Å². The van der Waals surface area contributed by atoms with Crippen molar-refractivity contribution in [1.29, 1.82) is 0 Å². The lowest BCUT2D eigenvalue weighted by molar-refractivity contribution is 0.0629. The fraction of sp³-hybridized carbons (Fsp3) is 0.615. The number of aromatic nitrogens is 2. The summed E-state index contributed by atoms with van der Waals surface area (Å²) in [6.07, 6.45) is 0. The Labute approximate surface area is 134 Å². The number of hydrogen-bond acceptors (Lipinski definition) is 5. The molecule has 0 aliphatic carbocycles. The van der Waals surface area contributed by atoms with Gasteiger partial charge in [-0.15, -0.1) is 10.2 Å². The minimum Gasteiger partial charge on any atom is -0.336 e. The molecule has 0 radical (unpaired) electrons. The van der Waals surface area contributed by atoms with Crippen molar-refractivity contribution in [2.24, 2.45) is 0 Å². The highest BCUT2D eigenvalue weighted by Gasteiger charge is 2.24. The molecule has 21 heavy (non-hydrogen) atoms. The first-order valence-corrected chi connectivity index (χ1v) is 7.58. The van der Waals surface area contributed by atoms with E-state index in [1.807, 2.05) is 0 Å². The number of amides is 1. The van der Waals surface area contributed by atoms with E-state index in [1.54, 1.807) is 4.90 Å². The number of likely N-dealkylation sites (N-methyl/N-ethyl adjacent to an activating group) is 1. The molecule has 1 amide bonds. The standard InChI is InChI=1S/C13H19Cl2N5O/c1-18(2)3-4-19-5-7-20(8-6-19)13(21)10-9-11(14)16-17-12(10)15/h9H,3-8H2,1-2H3. The van der Waals surface area contributed by atoms with Crippen LogP contribution in [0.2, 0.25) is 10.3 Å². The third kappa shape index (κ3) is 4.51. The van der Waals surface area contributed by atoms with Gasteiger partial charge in [0.25, 0.3) is 5.91 Å². The maximum absolute atomic E-state index is 12.4. The molecule has 2 rings (SSSR count). The third-order valence-electron chi connectivity index (χ3n) is 3.47. The number of nitrogens with zero attached hydrogens (tertiary/aromatic N) is 5. The van der Waals surface area contributed by atoms with Gasteiger partial charge in [-0.2, -0.15) is 0 Å². The predicted octanol–water partition coefficient (Wildman–Crippen LogP) is 1.10. The molecule has 1 aliphatic heterocycles. The minimum absolute atomic E-state index is 0.0967. The van der Waals surface area contributed by atoms with Crippen LogP contribution in [0.1, 0.15) is 10.4 Å². The minimum atomic E-state index is -0.135. The van der Waals surface area contributed by atoms with Crippen molar-refractivity contribution in [2.45, 2.75) is 0 Å². The van der Waals surface area contributed by atoms with Crippen LogP contribution in [0.5, 0.6) is 0 Å². The van der Waals surface area contributed by atoms with Gasteiger partial charge in [0.05, 0.1) is 5.56 Å². The van der Waals surface area contributed by atoms with Crippen molar-refractivity contribution in [3.8, 4) is 0 Å². The first-order chi connectivity index (χ1) is 9.97. The molecule has 0 saturated carbocycles. The highest BCUT2D eigenvalue weighted by atomic mass is 35.5. The molecule has 1 aromatic heterocycles. The number of halogens is 2. The van der Waals surface area contributed by atoms with Crippen LogP contribution in [-0.2, 0) is 0 Å². The molecule has 0 N–H and O–H groups in total. The van der Waals surface area contributed by atoms with Gasteiger partial charge in [-0.05, 0) is 20.2 Å². The number of carbonyl (C=O) groups is 1. The van der Waals surface area contributed by atoms with Gasteiger partial charge in [0, 0.05) is 39.3 Å². The van der Waals surface area contributed by atoms with Gasteiger partial charge in [0.2, 0.25) is 0 Å². The zero-order valence-electron chi connectivity index (χ0n) is 12.2. The van der Waals surface area contributed by atoms with Gasteiger partial charge in [-0.3, -0.25) is 9.69 Å². The molecule has 6 nitrogen and oxygen atoms in total. The summed E-state index contributed by atoms with van der Waals surface area (Å²) in [5.74, 6) is -0.135. The van der Waals surface area contributed by atoms with Gasteiger partial charge in [0.1, 0.15) is 0 Å². The van der Waals surface area contributed by atoms with Crippen LogP contribution in [0.4, 0.5) is 0 Å². The van der Waals surface area contributed by atoms with Gasteiger partial charge in [-0.1, -0.05) is 23.2 Å². The van der Waals surface area contributed by atoms with Crippen molar-refractivity contribution >= 4 is 29.1 Å². The predicted molar refractivity (Wildman–Crippen MR) is 82.9 cm³/mol. The molecule has 0 atom stereocenters. The van der Waals surface area contributed by atoms with Gasteiger partial charge >= 0.3 is 0 Å². The fourth-order valence-electron chi connectivity index (χ4n) is 2.19. The van der Waals surface area contributed by atoms with Crippen molar-refractivity contribution in [3.63, 3.8) is 0 Å². The Morgan fingerprint density at radius 1 is 1.24 bits per heavy atom. The summed E-state index contributed by atoms with van der Waals surface area (Å²) in [6, 6.07) is 1.47. The second-order valence-corrected chi connectivity index (χ2v) is 6.05. The van der Waals surface area contributed by atoms with Gasteiger partial charge < -0.3 is 9.80 Å². The van der Waals surface area contributed by atoms with E-state index in [9.17, 15) is 4.79 Å². The Kier molecular flexibility index (Phi) is 5.75. The van der Waals surface area contributed by atoms with Gasteiger partial charge in [-0.25, -0.2) is 0 Å². The molecule has 1 fully saturated rings. The Morgan fingerprint density at radius 3 is 2.52 bits per heavy atom. The van der Waals surface area contributed by atoms with E-state index >= 15 is 0 Å². The monoisotopic (exact) mass is 331 g/mol. The van der Waals surface area contributed by atoms with E-state index in [1.165, 1.54) is 6.07 Å². The van der Waals surface area contributed by atoms with Crippen LogP contribution in [0, 0.1) is 0 Å². The summed E-state index contributed by atoms with van der Waals surface area (Å²) in [5.41, 5.74) is 0.318. The second kappa shape index (κ2) is 7.35. The van der Waals surface area contributed by atoms with E-state index in [0.717, 1.165) is 26.2 Å². The van der Waals surface area contributed by atoms with Crippen molar-refractivity contribution in [2.75, 3.05) is 53.4 Å². The summed E-state index contributed by atoms with van der Waals surface area (Å²) < 4.78 is 0. The molecule has 2 heterocycles. The molecule has 0 bridgehead atoms. The van der Waals surface area contributed by atoms with Crippen molar-refractivity contribution < 1.29 is 4.79 Å². The Morgan fingerprint density at radius 2 is 1.90 bits per heavy atom. The summed E-state index contributed by atoms with van der Waals surface area (Å²) in [5, 5.41) is 7.57. The lowest BCUT2D eigenvalue weighted by atomic mass is 10.2. The van der Waals surface area contributed by atoms with Crippen LogP contribution < -0.4 is 0 Å². The molecule has 1 aliphatic rings.